The summed E-state index contributed by atoms with van der Waals surface area (Å²) in [5.74, 6) is 0.689. The maximum atomic E-state index is 3.59. The molecule has 1 aliphatic rings. The zero-order valence-electron chi connectivity index (χ0n) is 10.8. The standard InChI is InChI=1S/C14H21BrN2/c1-10(2)14-9-17(7-6-16-14)12-4-5-13(15)11(3)8-12/h4-5,8,10,14,16H,6-7,9H2,1-3H3. The minimum Gasteiger partial charge on any atom is -0.369 e. The fourth-order valence-electron chi connectivity index (χ4n) is 2.28. The van der Waals surface area contributed by atoms with Gasteiger partial charge in [0.05, 0.1) is 0 Å². The van der Waals surface area contributed by atoms with Gasteiger partial charge >= 0.3 is 0 Å². The highest BCUT2D eigenvalue weighted by atomic mass is 79.9. The Morgan fingerprint density at radius 2 is 2.18 bits per heavy atom. The van der Waals surface area contributed by atoms with Gasteiger partial charge in [-0.1, -0.05) is 29.8 Å². The lowest BCUT2D eigenvalue weighted by Gasteiger charge is -2.37. The second kappa shape index (κ2) is 5.40. The molecule has 94 valence electrons. The summed E-state index contributed by atoms with van der Waals surface area (Å²) in [7, 11) is 0. The van der Waals surface area contributed by atoms with Gasteiger partial charge in [-0.3, -0.25) is 0 Å². The Kier molecular flexibility index (Phi) is 4.10. The van der Waals surface area contributed by atoms with Gasteiger partial charge in [0.25, 0.3) is 0 Å². The molecule has 0 spiro atoms. The van der Waals surface area contributed by atoms with Gasteiger partial charge in [0.2, 0.25) is 0 Å². The third-order valence-corrected chi connectivity index (χ3v) is 4.41. The van der Waals surface area contributed by atoms with E-state index in [-0.39, 0.29) is 0 Å². The topological polar surface area (TPSA) is 15.3 Å². The zero-order chi connectivity index (χ0) is 12.4. The smallest absolute Gasteiger partial charge is 0.0370 e. The van der Waals surface area contributed by atoms with E-state index in [0.29, 0.717) is 12.0 Å². The predicted molar refractivity (Wildman–Crippen MR) is 77.7 cm³/mol. The van der Waals surface area contributed by atoms with Crippen molar-refractivity contribution in [1.82, 2.24) is 5.32 Å². The van der Waals surface area contributed by atoms with E-state index in [1.807, 2.05) is 0 Å². The van der Waals surface area contributed by atoms with E-state index in [1.54, 1.807) is 0 Å². The Morgan fingerprint density at radius 1 is 1.41 bits per heavy atom. The molecule has 1 atom stereocenters. The van der Waals surface area contributed by atoms with E-state index >= 15 is 0 Å². The first-order chi connectivity index (χ1) is 8.08. The van der Waals surface area contributed by atoms with Gasteiger partial charge in [-0.2, -0.15) is 0 Å². The fraction of sp³-hybridized carbons (Fsp3) is 0.571. The van der Waals surface area contributed by atoms with Gasteiger partial charge < -0.3 is 10.2 Å². The van der Waals surface area contributed by atoms with Crippen LogP contribution in [0.4, 0.5) is 5.69 Å². The molecule has 1 heterocycles. The first-order valence-electron chi connectivity index (χ1n) is 6.32. The van der Waals surface area contributed by atoms with E-state index < -0.39 is 0 Å². The van der Waals surface area contributed by atoms with Crippen molar-refractivity contribution in [2.24, 2.45) is 5.92 Å². The highest BCUT2D eigenvalue weighted by molar-refractivity contribution is 9.10. The van der Waals surface area contributed by atoms with Gasteiger partial charge in [-0.15, -0.1) is 0 Å². The second-order valence-electron chi connectivity index (χ2n) is 5.18. The van der Waals surface area contributed by atoms with E-state index in [0.717, 1.165) is 19.6 Å². The van der Waals surface area contributed by atoms with Gasteiger partial charge in [0, 0.05) is 35.8 Å². The van der Waals surface area contributed by atoms with Crippen LogP contribution in [0.15, 0.2) is 22.7 Å². The number of hydrogen-bond donors (Lipinski definition) is 1. The van der Waals surface area contributed by atoms with Crippen molar-refractivity contribution < 1.29 is 0 Å². The minimum absolute atomic E-state index is 0.604. The summed E-state index contributed by atoms with van der Waals surface area (Å²) in [5.41, 5.74) is 2.65. The number of anilines is 1. The molecule has 1 fully saturated rings. The summed E-state index contributed by atoms with van der Waals surface area (Å²) in [6.45, 7) is 10.0. The van der Waals surface area contributed by atoms with Crippen LogP contribution in [0.2, 0.25) is 0 Å². The van der Waals surface area contributed by atoms with E-state index in [4.69, 9.17) is 0 Å². The summed E-state index contributed by atoms with van der Waals surface area (Å²) in [5, 5.41) is 3.59. The lowest BCUT2D eigenvalue weighted by Crippen LogP contribution is -2.53. The Labute approximate surface area is 113 Å². The third-order valence-electron chi connectivity index (χ3n) is 3.52. The largest absolute Gasteiger partial charge is 0.369 e. The molecule has 0 saturated carbocycles. The molecule has 17 heavy (non-hydrogen) atoms. The normalized spacial score (nSPS) is 21.0. The Balaban J connectivity index is 2.13. The van der Waals surface area contributed by atoms with Gasteiger partial charge in [0.15, 0.2) is 0 Å². The number of hydrogen-bond acceptors (Lipinski definition) is 2. The van der Waals surface area contributed by atoms with Crippen molar-refractivity contribution >= 4 is 21.6 Å². The molecule has 2 rings (SSSR count). The van der Waals surface area contributed by atoms with E-state index in [9.17, 15) is 0 Å². The predicted octanol–water partition coefficient (Wildman–Crippen LogP) is 3.19. The number of nitrogens with zero attached hydrogens (tertiary/aromatic N) is 1. The molecular weight excluding hydrogens is 276 g/mol. The summed E-state index contributed by atoms with van der Waals surface area (Å²) in [6.07, 6.45) is 0. The van der Waals surface area contributed by atoms with Crippen LogP contribution in [0, 0.1) is 12.8 Å². The average molecular weight is 297 g/mol. The number of rotatable bonds is 2. The first-order valence-corrected chi connectivity index (χ1v) is 7.11. The quantitative estimate of drug-likeness (QED) is 0.902. The van der Waals surface area contributed by atoms with Crippen LogP contribution in [-0.4, -0.2) is 25.7 Å². The monoisotopic (exact) mass is 296 g/mol. The Hall–Kier alpha value is -0.540. The van der Waals surface area contributed by atoms with Crippen LogP contribution >= 0.6 is 15.9 Å². The number of piperazine rings is 1. The van der Waals surface area contributed by atoms with E-state index in [2.05, 4.69) is 65.1 Å². The number of aryl methyl sites for hydroxylation is 1. The van der Waals surface area contributed by atoms with Gasteiger partial charge in [-0.05, 0) is 36.6 Å². The SMILES string of the molecule is Cc1cc(N2CCNC(C(C)C)C2)ccc1Br. The molecule has 0 aliphatic carbocycles. The first kappa shape index (κ1) is 12.9. The average Bonchev–Trinajstić information content (AvgIpc) is 2.33. The molecule has 3 heteroatoms. The molecule has 0 bridgehead atoms. The van der Waals surface area contributed by atoms with Crippen LogP contribution in [0.3, 0.4) is 0 Å². The zero-order valence-corrected chi connectivity index (χ0v) is 12.4. The molecule has 1 aliphatic heterocycles. The van der Waals surface area contributed by atoms with Crippen molar-refractivity contribution in [3.05, 3.63) is 28.2 Å². The number of halogens is 1. The lowest BCUT2D eigenvalue weighted by molar-refractivity contribution is 0.368. The van der Waals surface area contributed by atoms with Crippen LogP contribution in [-0.2, 0) is 0 Å². The molecule has 0 radical (unpaired) electrons. The molecule has 0 aromatic heterocycles. The summed E-state index contributed by atoms with van der Waals surface area (Å²) in [4.78, 5) is 2.49. The summed E-state index contributed by atoms with van der Waals surface area (Å²) < 4.78 is 1.19. The van der Waals surface area contributed by atoms with Crippen molar-refractivity contribution in [1.29, 1.82) is 0 Å². The summed E-state index contributed by atoms with van der Waals surface area (Å²) in [6, 6.07) is 7.23. The van der Waals surface area contributed by atoms with Crippen LogP contribution in [0.1, 0.15) is 19.4 Å². The number of nitrogens with one attached hydrogen (secondary N) is 1. The maximum Gasteiger partial charge on any atom is 0.0370 e. The molecule has 1 aromatic carbocycles. The lowest BCUT2D eigenvalue weighted by atomic mass is 10.0. The third kappa shape index (κ3) is 3.02. The molecule has 1 aromatic rings. The molecular formula is C14H21BrN2. The fourth-order valence-corrected chi connectivity index (χ4v) is 2.53. The highest BCUT2D eigenvalue weighted by Crippen LogP contribution is 2.24. The maximum absolute atomic E-state index is 3.59. The van der Waals surface area contributed by atoms with Crippen LogP contribution in [0.25, 0.3) is 0 Å². The second-order valence-corrected chi connectivity index (χ2v) is 6.04. The van der Waals surface area contributed by atoms with Crippen molar-refractivity contribution in [2.75, 3.05) is 24.5 Å². The van der Waals surface area contributed by atoms with E-state index in [1.165, 1.54) is 15.7 Å². The number of benzene rings is 1. The Bertz CT molecular complexity index is 390. The van der Waals surface area contributed by atoms with Crippen molar-refractivity contribution in [3.63, 3.8) is 0 Å². The molecule has 1 N–H and O–H groups in total. The molecule has 2 nitrogen and oxygen atoms in total. The minimum atomic E-state index is 0.604. The molecule has 1 saturated heterocycles. The van der Waals surface area contributed by atoms with Crippen LogP contribution in [0.5, 0.6) is 0 Å². The van der Waals surface area contributed by atoms with Crippen LogP contribution < -0.4 is 10.2 Å². The van der Waals surface area contributed by atoms with Crippen molar-refractivity contribution in [2.45, 2.75) is 26.8 Å². The summed E-state index contributed by atoms with van der Waals surface area (Å²) >= 11 is 3.56. The molecule has 0 amide bonds. The van der Waals surface area contributed by atoms with Gasteiger partial charge in [-0.25, -0.2) is 0 Å². The van der Waals surface area contributed by atoms with Crippen molar-refractivity contribution in [3.8, 4) is 0 Å². The Morgan fingerprint density at radius 3 is 2.82 bits per heavy atom. The molecule has 1 unspecified atom stereocenters. The highest BCUT2D eigenvalue weighted by Gasteiger charge is 2.21. The van der Waals surface area contributed by atoms with Gasteiger partial charge in [0.1, 0.15) is 0 Å².